The maximum atomic E-state index is 12.1. The standard InChI is InChI=1S/C17H15N3O3/c1-23-15-9-5-3-7-13(15)17(22)19-11-16(21)20-14-8-4-2-6-12(14)10-18/h2-9H,11H2,1H3,(H,19,22)(H,20,21). The van der Waals surface area contributed by atoms with Crippen LogP contribution < -0.4 is 15.4 Å². The number of benzene rings is 2. The first-order valence-corrected chi connectivity index (χ1v) is 6.86. The van der Waals surface area contributed by atoms with Gasteiger partial charge in [0.2, 0.25) is 5.91 Å². The molecule has 0 aliphatic heterocycles. The minimum atomic E-state index is -0.420. The molecule has 116 valence electrons. The Hall–Kier alpha value is -3.33. The van der Waals surface area contributed by atoms with Crippen LogP contribution in [0.4, 0.5) is 5.69 Å². The lowest BCUT2D eigenvalue weighted by Crippen LogP contribution is -2.33. The summed E-state index contributed by atoms with van der Waals surface area (Å²) in [5, 5.41) is 14.1. The van der Waals surface area contributed by atoms with Crippen molar-refractivity contribution in [1.82, 2.24) is 5.32 Å². The predicted octanol–water partition coefficient (Wildman–Crippen LogP) is 1.94. The molecular weight excluding hydrogens is 294 g/mol. The van der Waals surface area contributed by atoms with Gasteiger partial charge in [0.25, 0.3) is 5.91 Å². The van der Waals surface area contributed by atoms with Gasteiger partial charge in [0.05, 0.1) is 30.5 Å². The minimum Gasteiger partial charge on any atom is -0.496 e. The van der Waals surface area contributed by atoms with Crippen molar-refractivity contribution in [2.75, 3.05) is 19.0 Å². The SMILES string of the molecule is COc1ccccc1C(=O)NCC(=O)Nc1ccccc1C#N. The molecule has 0 saturated carbocycles. The average molecular weight is 309 g/mol. The molecule has 6 heteroatoms. The number of para-hydroxylation sites is 2. The summed E-state index contributed by atoms with van der Waals surface area (Å²) >= 11 is 0. The highest BCUT2D eigenvalue weighted by molar-refractivity contribution is 6.01. The second kappa shape index (κ2) is 7.61. The molecule has 2 rings (SSSR count). The summed E-state index contributed by atoms with van der Waals surface area (Å²) in [7, 11) is 1.47. The van der Waals surface area contributed by atoms with E-state index in [1.807, 2.05) is 6.07 Å². The van der Waals surface area contributed by atoms with Crippen LogP contribution in [-0.4, -0.2) is 25.5 Å². The van der Waals surface area contributed by atoms with Gasteiger partial charge in [0.1, 0.15) is 11.8 Å². The van der Waals surface area contributed by atoms with Crippen LogP contribution in [0.5, 0.6) is 5.75 Å². The predicted molar refractivity (Wildman–Crippen MR) is 85.1 cm³/mol. The Morgan fingerprint density at radius 1 is 1.13 bits per heavy atom. The van der Waals surface area contributed by atoms with E-state index in [0.29, 0.717) is 22.6 Å². The molecule has 23 heavy (non-hydrogen) atoms. The molecule has 0 aromatic heterocycles. The van der Waals surface area contributed by atoms with Crippen molar-refractivity contribution >= 4 is 17.5 Å². The summed E-state index contributed by atoms with van der Waals surface area (Å²) in [5.41, 5.74) is 1.11. The van der Waals surface area contributed by atoms with E-state index in [0.717, 1.165) is 0 Å². The van der Waals surface area contributed by atoms with Crippen LogP contribution >= 0.6 is 0 Å². The molecule has 0 saturated heterocycles. The van der Waals surface area contributed by atoms with Crippen LogP contribution in [0.1, 0.15) is 15.9 Å². The largest absolute Gasteiger partial charge is 0.496 e. The summed E-state index contributed by atoms with van der Waals surface area (Å²) in [6.07, 6.45) is 0. The molecule has 0 radical (unpaired) electrons. The van der Waals surface area contributed by atoms with Gasteiger partial charge in [0, 0.05) is 0 Å². The van der Waals surface area contributed by atoms with Gasteiger partial charge >= 0.3 is 0 Å². The van der Waals surface area contributed by atoms with Crippen molar-refractivity contribution in [3.05, 3.63) is 59.7 Å². The fourth-order valence-electron chi connectivity index (χ4n) is 1.97. The van der Waals surface area contributed by atoms with Gasteiger partial charge < -0.3 is 15.4 Å². The summed E-state index contributed by atoms with van der Waals surface area (Å²) in [6.45, 7) is -0.212. The Morgan fingerprint density at radius 2 is 1.83 bits per heavy atom. The molecule has 0 aliphatic carbocycles. The van der Waals surface area contributed by atoms with Crippen molar-refractivity contribution in [2.24, 2.45) is 0 Å². The van der Waals surface area contributed by atoms with Gasteiger partial charge in [-0.2, -0.15) is 5.26 Å². The molecule has 0 heterocycles. The quantitative estimate of drug-likeness (QED) is 0.883. The van der Waals surface area contributed by atoms with Crippen molar-refractivity contribution in [3.63, 3.8) is 0 Å². The molecule has 2 amide bonds. The number of nitrogens with one attached hydrogen (secondary N) is 2. The first-order valence-electron chi connectivity index (χ1n) is 6.86. The first-order chi connectivity index (χ1) is 11.2. The van der Waals surface area contributed by atoms with Crippen LogP contribution in [-0.2, 0) is 4.79 Å². The number of hydrogen-bond acceptors (Lipinski definition) is 4. The van der Waals surface area contributed by atoms with Crippen LogP contribution in [0, 0.1) is 11.3 Å². The van der Waals surface area contributed by atoms with Crippen LogP contribution in [0.25, 0.3) is 0 Å². The van der Waals surface area contributed by atoms with E-state index in [9.17, 15) is 9.59 Å². The highest BCUT2D eigenvalue weighted by atomic mass is 16.5. The normalized spacial score (nSPS) is 9.57. The third-order valence-electron chi connectivity index (χ3n) is 3.08. The maximum absolute atomic E-state index is 12.1. The summed E-state index contributed by atoms with van der Waals surface area (Å²) in [4.78, 5) is 24.0. The number of carbonyl (C=O) groups excluding carboxylic acids is 2. The number of methoxy groups -OCH3 is 1. The molecule has 6 nitrogen and oxygen atoms in total. The molecule has 2 N–H and O–H groups in total. The highest BCUT2D eigenvalue weighted by Crippen LogP contribution is 2.17. The van der Waals surface area contributed by atoms with Crippen LogP contribution in [0.15, 0.2) is 48.5 Å². The lowest BCUT2D eigenvalue weighted by Gasteiger charge is -2.10. The van der Waals surface area contributed by atoms with E-state index < -0.39 is 11.8 Å². The van der Waals surface area contributed by atoms with E-state index >= 15 is 0 Å². The molecule has 0 aliphatic rings. The van der Waals surface area contributed by atoms with Crippen LogP contribution in [0.2, 0.25) is 0 Å². The van der Waals surface area contributed by atoms with Gasteiger partial charge in [-0.25, -0.2) is 0 Å². The summed E-state index contributed by atoms with van der Waals surface area (Å²) < 4.78 is 5.10. The van der Waals surface area contributed by atoms with Gasteiger partial charge in [-0.15, -0.1) is 0 Å². The minimum absolute atomic E-state index is 0.212. The number of nitrogens with zero attached hydrogens (tertiary/aromatic N) is 1. The molecule has 0 unspecified atom stereocenters. The topological polar surface area (TPSA) is 91.2 Å². The number of hydrogen-bond donors (Lipinski definition) is 2. The molecule has 0 bridgehead atoms. The zero-order chi connectivity index (χ0) is 16.7. The Balaban J connectivity index is 1.97. The van der Waals surface area contributed by atoms with Crippen molar-refractivity contribution in [2.45, 2.75) is 0 Å². The second-order valence-electron chi connectivity index (χ2n) is 4.59. The third-order valence-corrected chi connectivity index (χ3v) is 3.08. The summed E-state index contributed by atoms with van der Waals surface area (Å²) in [6, 6.07) is 15.4. The van der Waals surface area contributed by atoms with Crippen molar-refractivity contribution in [1.29, 1.82) is 5.26 Å². The molecule has 0 spiro atoms. The smallest absolute Gasteiger partial charge is 0.255 e. The lowest BCUT2D eigenvalue weighted by molar-refractivity contribution is -0.115. The van der Waals surface area contributed by atoms with E-state index in [-0.39, 0.29) is 6.54 Å². The van der Waals surface area contributed by atoms with Gasteiger partial charge in [-0.3, -0.25) is 9.59 Å². The Labute approximate surface area is 133 Å². The fourth-order valence-corrected chi connectivity index (χ4v) is 1.97. The monoisotopic (exact) mass is 309 g/mol. The molecule has 0 atom stereocenters. The maximum Gasteiger partial charge on any atom is 0.255 e. The average Bonchev–Trinajstić information content (AvgIpc) is 2.60. The zero-order valence-corrected chi connectivity index (χ0v) is 12.5. The molecule has 0 fully saturated rings. The molecular formula is C17H15N3O3. The number of amides is 2. The zero-order valence-electron chi connectivity index (χ0n) is 12.5. The van der Waals surface area contributed by atoms with Crippen LogP contribution in [0.3, 0.4) is 0 Å². The second-order valence-corrected chi connectivity index (χ2v) is 4.59. The van der Waals surface area contributed by atoms with E-state index in [2.05, 4.69) is 10.6 Å². The first kappa shape index (κ1) is 16.0. The number of nitriles is 1. The third kappa shape index (κ3) is 4.08. The summed E-state index contributed by atoms with van der Waals surface area (Å²) in [5.74, 6) is -0.401. The molecule has 2 aromatic carbocycles. The Kier molecular flexibility index (Phi) is 5.31. The van der Waals surface area contributed by atoms with E-state index in [1.165, 1.54) is 7.11 Å². The Morgan fingerprint density at radius 3 is 2.57 bits per heavy atom. The van der Waals surface area contributed by atoms with E-state index in [4.69, 9.17) is 10.00 Å². The van der Waals surface area contributed by atoms with Crippen molar-refractivity contribution in [3.8, 4) is 11.8 Å². The Bertz CT molecular complexity index is 766. The fraction of sp³-hybridized carbons (Fsp3) is 0.118. The van der Waals surface area contributed by atoms with Gasteiger partial charge in [-0.1, -0.05) is 24.3 Å². The number of rotatable bonds is 5. The number of ether oxygens (including phenoxy) is 1. The number of carbonyl (C=O) groups is 2. The van der Waals surface area contributed by atoms with Gasteiger partial charge in [0.15, 0.2) is 0 Å². The molecule has 2 aromatic rings. The van der Waals surface area contributed by atoms with E-state index in [1.54, 1.807) is 48.5 Å². The highest BCUT2D eigenvalue weighted by Gasteiger charge is 2.13. The number of anilines is 1. The van der Waals surface area contributed by atoms with Crippen molar-refractivity contribution < 1.29 is 14.3 Å². The lowest BCUT2D eigenvalue weighted by atomic mass is 10.2. The van der Waals surface area contributed by atoms with Gasteiger partial charge in [-0.05, 0) is 24.3 Å².